The number of hydrogen-bond acceptors (Lipinski definition) is 3. The monoisotopic (exact) mass is 493 g/mol. The van der Waals surface area contributed by atoms with Gasteiger partial charge in [-0.1, -0.05) is 39.7 Å². The number of rotatable bonds is 4. The Kier molecular flexibility index (Phi) is 5.92. The largest absolute Gasteiger partial charge is 0.318 e. The van der Waals surface area contributed by atoms with E-state index in [1.165, 1.54) is 11.3 Å². The van der Waals surface area contributed by atoms with Gasteiger partial charge in [0.2, 0.25) is 0 Å². The lowest BCUT2D eigenvalue weighted by Crippen LogP contribution is -1.98. The maximum absolute atomic E-state index is 9.79. The van der Waals surface area contributed by atoms with Crippen LogP contribution in [-0.4, -0.2) is 9.55 Å². The number of aryl methyl sites for hydroxylation is 1. The molecule has 0 radical (unpaired) electrons. The van der Waals surface area contributed by atoms with E-state index in [1.54, 1.807) is 0 Å². The summed E-state index contributed by atoms with van der Waals surface area (Å²) in [5.74, 6) is 0. The number of aromatic nitrogens is 2. The van der Waals surface area contributed by atoms with Gasteiger partial charge in [-0.3, -0.25) is 0 Å². The van der Waals surface area contributed by atoms with Crippen molar-refractivity contribution in [2.45, 2.75) is 13.8 Å². The van der Waals surface area contributed by atoms with Gasteiger partial charge in [0.15, 0.2) is 0 Å². The first-order valence-electron chi connectivity index (χ1n) is 9.25. The van der Waals surface area contributed by atoms with Crippen molar-refractivity contribution in [2.24, 2.45) is 0 Å². The molecule has 148 valence electrons. The van der Waals surface area contributed by atoms with Gasteiger partial charge in [0.25, 0.3) is 0 Å². The predicted molar refractivity (Wildman–Crippen MR) is 129 cm³/mol. The van der Waals surface area contributed by atoms with Gasteiger partial charge in [0, 0.05) is 37.5 Å². The van der Waals surface area contributed by atoms with Crippen LogP contribution in [0.15, 0.2) is 64.5 Å². The minimum absolute atomic E-state index is 0.552. The van der Waals surface area contributed by atoms with Crippen molar-refractivity contribution in [3.05, 3.63) is 91.4 Å². The molecule has 6 heteroatoms. The Balaban J connectivity index is 1.70. The molecule has 3 nitrogen and oxygen atoms in total. The molecule has 2 heterocycles. The maximum Gasteiger partial charge on any atom is 0.134 e. The first kappa shape index (κ1) is 20.6. The molecule has 4 aromatic rings. The van der Waals surface area contributed by atoms with Crippen molar-refractivity contribution in [1.82, 2.24) is 9.55 Å². The smallest absolute Gasteiger partial charge is 0.134 e. The zero-order valence-electron chi connectivity index (χ0n) is 16.4. The molecule has 0 spiro atoms. The van der Waals surface area contributed by atoms with Gasteiger partial charge in [-0.2, -0.15) is 5.26 Å². The minimum Gasteiger partial charge on any atom is -0.318 e. The lowest BCUT2D eigenvalue weighted by atomic mass is 10.1. The van der Waals surface area contributed by atoms with Gasteiger partial charge in [0.05, 0.1) is 11.3 Å². The summed E-state index contributed by atoms with van der Waals surface area (Å²) in [6.07, 6.45) is 1.92. The molecule has 0 N–H and O–H groups in total. The van der Waals surface area contributed by atoms with Crippen molar-refractivity contribution >= 4 is 50.5 Å². The molecule has 4 rings (SSSR count). The third-order valence-electron chi connectivity index (χ3n) is 4.85. The van der Waals surface area contributed by atoms with Crippen LogP contribution in [-0.2, 0) is 0 Å². The number of nitriles is 1. The molecule has 0 atom stereocenters. The molecule has 0 bridgehead atoms. The fourth-order valence-corrected chi connectivity index (χ4v) is 4.55. The van der Waals surface area contributed by atoms with E-state index in [4.69, 9.17) is 11.6 Å². The molecule has 0 saturated carbocycles. The van der Waals surface area contributed by atoms with Gasteiger partial charge < -0.3 is 4.57 Å². The van der Waals surface area contributed by atoms with Crippen LogP contribution < -0.4 is 0 Å². The highest BCUT2D eigenvalue weighted by Crippen LogP contribution is 2.30. The van der Waals surface area contributed by atoms with E-state index in [2.05, 4.69) is 63.6 Å². The Morgan fingerprint density at radius 1 is 1.13 bits per heavy atom. The average molecular weight is 495 g/mol. The summed E-state index contributed by atoms with van der Waals surface area (Å²) in [6, 6.07) is 20.2. The number of halogens is 2. The summed E-state index contributed by atoms with van der Waals surface area (Å²) in [5.41, 5.74) is 6.66. The summed E-state index contributed by atoms with van der Waals surface area (Å²) < 4.78 is 3.23. The van der Waals surface area contributed by atoms with Crippen molar-refractivity contribution in [1.29, 1.82) is 5.26 Å². The highest BCUT2D eigenvalue weighted by molar-refractivity contribution is 9.10. The molecular formula is C24H17BrClN3S. The standard InChI is InChI=1S/C24H17BrClN3S/c1-15-11-18(16(2)29(15)22-9-5-20(25)6-10-22)12-19(13-27)24-28-23(14-30-24)17-3-7-21(26)8-4-17/h3-12,14H,1-2H3. The Hall–Kier alpha value is -2.65. The van der Waals surface area contributed by atoms with E-state index in [-0.39, 0.29) is 0 Å². The second-order valence-electron chi connectivity index (χ2n) is 6.85. The Bertz CT molecular complexity index is 1280. The average Bonchev–Trinajstić information content (AvgIpc) is 3.32. The molecule has 0 unspecified atom stereocenters. The highest BCUT2D eigenvalue weighted by Gasteiger charge is 2.13. The molecule has 0 aliphatic carbocycles. The van der Waals surface area contributed by atoms with Crippen LogP contribution >= 0.6 is 38.9 Å². The Morgan fingerprint density at radius 2 is 1.83 bits per heavy atom. The fraction of sp³-hybridized carbons (Fsp3) is 0.0833. The van der Waals surface area contributed by atoms with E-state index >= 15 is 0 Å². The second-order valence-corrected chi connectivity index (χ2v) is 9.06. The van der Waals surface area contributed by atoms with Crippen LogP contribution in [0.2, 0.25) is 5.02 Å². The Morgan fingerprint density at radius 3 is 2.50 bits per heavy atom. The van der Waals surface area contributed by atoms with Crippen LogP contribution in [0, 0.1) is 25.2 Å². The maximum atomic E-state index is 9.79. The molecule has 0 fully saturated rings. The third-order valence-corrected chi connectivity index (χ3v) is 6.51. The summed E-state index contributed by atoms with van der Waals surface area (Å²) >= 11 is 10.9. The molecule has 2 aromatic carbocycles. The van der Waals surface area contributed by atoms with Crippen molar-refractivity contribution in [3.8, 4) is 23.0 Å². The predicted octanol–water partition coefficient (Wildman–Crippen LogP) is 7.70. The van der Waals surface area contributed by atoms with Gasteiger partial charge >= 0.3 is 0 Å². The van der Waals surface area contributed by atoms with Crippen LogP contribution in [0.25, 0.3) is 28.6 Å². The number of allylic oxidation sites excluding steroid dienone is 1. The molecule has 0 saturated heterocycles. The fourth-order valence-electron chi connectivity index (χ4n) is 3.37. The first-order chi connectivity index (χ1) is 14.5. The van der Waals surface area contributed by atoms with Crippen LogP contribution in [0.4, 0.5) is 0 Å². The third kappa shape index (κ3) is 4.13. The van der Waals surface area contributed by atoms with Gasteiger partial charge in [-0.15, -0.1) is 11.3 Å². The molecule has 0 aliphatic heterocycles. The summed E-state index contributed by atoms with van der Waals surface area (Å²) in [7, 11) is 0. The minimum atomic E-state index is 0.552. The summed E-state index contributed by atoms with van der Waals surface area (Å²) in [4.78, 5) is 4.68. The van der Waals surface area contributed by atoms with Crippen molar-refractivity contribution < 1.29 is 0 Å². The summed E-state index contributed by atoms with van der Waals surface area (Å²) in [6.45, 7) is 4.14. The normalized spacial score (nSPS) is 11.5. The Labute approximate surface area is 193 Å². The molecule has 30 heavy (non-hydrogen) atoms. The van der Waals surface area contributed by atoms with E-state index in [0.717, 1.165) is 38.4 Å². The SMILES string of the molecule is Cc1cc(C=C(C#N)c2nc(-c3ccc(Cl)cc3)cs2)c(C)n1-c1ccc(Br)cc1. The highest BCUT2D eigenvalue weighted by atomic mass is 79.9. The number of benzene rings is 2. The number of thiazole rings is 1. The van der Waals surface area contributed by atoms with E-state index in [9.17, 15) is 5.26 Å². The molecule has 2 aromatic heterocycles. The van der Waals surface area contributed by atoms with Crippen molar-refractivity contribution in [2.75, 3.05) is 0 Å². The van der Waals surface area contributed by atoms with Crippen LogP contribution in [0.5, 0.6) is 0 Å². The van der Waals surface area contributed by atoms with E-state index in [0.29, 0.717) is 15.6 Å². The molecule has 0 amide bonds. The van der Waals surface area contributed by atoms with Crippen LogP contribution in [0.3, 0.4) is 0 Å². The first-order valence-corrected chi connectivity index (χ1v) is 11.3. The zero-order valence-corrected chi connectivity index (χ0v) is 19.5. The van der Waals surface area contributed by atoms with Gasteiger partial charge in [0.1, 0.15) is 11.1 Å². The zero-order chi connectivity index (χ0) is 21.3. The van der Waals surface area contributed by atoms with Gasteiger partial charge in [-0.05, 0) is 68.0 Å². The van der Waals surface area contributed by atoms with Crippen molar-refractivity contribution in [3.63, 3.8) is 0 Å². The number of nitrogens with zero attached hydrogens (tertiary/aromatic N) is 3. The topological polar surface area (TPSA) is 41.6 Å². The summed E-state index contributed by atoms with van der Waals surface area (Å²) in [5, 5.41) is 13.2. The van der Waals surface area contributed by atoms with E-state index in [1.807, 2.05) is 47.9 Å². The lowest BCUT2D eigenvalue weighted by molar-refractivity contribution is 0.964. The van der Waals surface area contributed by atoms with E-state index < -0.39 is 0 Å². The van der Waals surface area contributed by atoms with Gasteiger partial charge in [-0.25, -0.2) is 4.98 Å². The lowest BCUT2D eigenvalue weighted by Gasteiger charge is -2.09. The quantitative estimate of drug-likeness (QED) is 0.273. The van der Waals surface area contributed by atoms with Crippen LogP contribution in [0.1, 0.15) is 22.0 Å². The molecule has 0 aliphatic rings. The second kappa shape index (κ2) is 8.61. The molecular weight excluding hydrogens is 478 g/mol. The number of hydrogen-bond donors (Lipinski definition) is 0.